The molecule has 0 saturated heterocycles. The van der Waals surface area contributed by atoms with Gasteiger partial charge in [0.1, 0.15) is 0 Å². The molecule has 19 heavy (non-hydrogen) atoms. The van der Waals surface area contributed by atoms with Crippen LogP contribution in [0.1, 0.15) is 37.1 Å². The van der Waals surface area contributed by atoms with Gasteiger partial charge < -0.3 is 11.1 Å². The predicted molar refractivity (Wildman–Crippen MR) is 83.2 cm³/mol. The van der Waals surface area contributed by atoms with Crippen LogP contribution in [0.5, 0.6) is 0 Å². The average molecular weight is 296 g/mol. The smallest absolute Gasteiger partial charge is 0.233 e. The van der Waals surface area contributed by atoms with Gasteiger partial charge in [-0.3, -0.25) is 4.79 Å². The molecule has 5 heteroatoms. The van der Waals surface area contributed by atoms with Crippen LogP contribution >= 0.6 is 23.6 Å². The molecule has 3 nitrogen and oxygen atoms in total. The highest BCUT2D eigenvalue weighted by Crippen LogP contribution is 2.46. The number of carbonyl (C=O) groups is 1. The quantitative estimate of drug-likeness (QED) is 0.821. The lowest BCUT2D eigenvalue weighted by molar-refractivity contribution is -0.133. The number of nitrogens with two attached hydrogens (primary N) is 1. The third-order valence-electron chi connectivity index (χ3n) is 3.93. The molecule has 0 aliphatic heterocycles. The van der Waals surface area contributed by atoms with Gasteiger partial charge in [-0.1, -0.05) is 26.1 Å². The van der Waals surface area contributed by atoms with Crippen LogP contribution < -0.4 is 11.1 Å². The highest BCUT2D eigenvalue weighted by atomic mass is 32.1. The predicted octanol–water partition coefficient (Wildman–Crippen LogP) is 2.63. The first-order chi connectivity index (χ1) is 8.99. The second-order valence-electron chi connectivity index (χ2n) is 5.37. The molecular weight excluding hydrogens is 276 g/mol. The Morgan fingerprint density at radius 2 is 2.32 bits per heavy atom. The second kappa shape index (κ2) is 5.59. The van der Waals surface area contributed by atoms with E-state index in [9.17, 15) is 4.79 Å². The van der Waals surface area contributed by atoms with Gasteiger partial charge in [-0.2, -0.15) is 0 Å². The number of carbonyl (C=O) groups excluding carboxylic acids is 1. The summed E-state index contributed by atoms with van der Waals surface area (Å²) < 4.78 is 0. The monoisotopic (exact) mass is 296 g/mol. The molecular formula is C14H20N2OS2. The molecule has 3 N–H and O–H groups in total. The van der Waals surface area contributed by atoms with E-state index in [4.69, 9.17) is 18.0 Å². The Morgan fingerprint density at radius 1 is 1.63 bits per heavy atom. The molecule has 2 rings (SSSR count). The Hall–Kier alpha value is -0.940. The molecule has 0 unspecified atom stereocenters. The maximum atomic E-state index is 12.4. The van der Waals surface area contributed by atoms with Crippen molar-refractivity contribution >= 4 is 34.5 Å². The number of thiocarbonyl (C=S) groups is 1. The van der Waals surface area contributed by atoms with Crippen molar-refractivity contribution in [3.05, 3.63) is 21.9 Å². The minimum Gasteiger partial charge on any atom is -0.392 e. The van der Waals surface area contributed by atoms with Crippen LogP contribution in [-0.2, 0) is 17.8 Å². The van der Waals surface area contributed by atoms with Crippen LogP contribution in [0.4, 0.5) is 0 Å². The molecule has 1 aliphatic carbocycles. The van der Waals surface area contributed by atoms with E-state index in [1.807, 2.05) is 0 Å². The molecule has 1 fully saturated rings. The fourth-order valence-corrected chi connectivity index (χ4v) is 3.97. The zero-order valence-electron chi connectivity index (χ0n) is 11.4. The Morgan fingerprint density at radius 3 is 2.84 bits per heavy atom. The normalized spacial score (nSPS) is 25.7. The van der Waals surface area contributed by atoms with E-state index in [2.05, 4.69) is 30.6 Å². The van der Waals surface area contributed by atoms with E-state index >= 15 is 0 Å². The lowest BCUT2D eigenvalue weighted by atomic mass is 9.62. The first-order valence-electron chi connectivity index (χ1n) is 6.63. The van der Waals surface area contributed by atoms with Gasteiger partial charge in [0.15, 0.2) is 0 Å². The second-order valence-corrected chi connectivity index (χ2v) is 6.81. The summed E-state index contributed by atoms with van der Waals surface area (Å²) in [7, 11) is 0. The van der Waals surface area contributed by atoms with Gasteiger partial charge >= 0.3 is 0 Å². The third kappa shape index (κ3) is 2.67. The van der Waals surface area contributed by atoms with Gasteiger partial charge in [0.25, 0.3) is 0 Å². The number of hydrogen-bond donors (Lipinski definition) is 2. The summed E-state index contributed by atoms with van der Waals surface area (Å²) in [6.07, 6.45) is 2.55. The molecule has 0 atom stereocenters. The highest BCUT2D eigenvalue weighted by Gasteiger charge is 2.50. The molecule has 0 spiro atoms. The highest BCUT2D eigenvalue weighted by molar-refractivity contribution is 7.80. The van der Waals surface area contributed by atoms with Gasteiger partial charge in [0, 0.05) is 4.88 Å². The maximum Gasteiger partial charge on any atom is 0.233 e. The van der Waals surface area contributed by atoms with Crippen molar-refractivity contribution in [3.8, 4) is 0 Å². The number of rotatable bonds is 5. The fourth-order valence-electron chi connectivity index (χ4n) is 2.80. The van der Waals surface area contributed by atoms with E-state index < -0.39 is 5.41 Å². The summed E-state index contributed by atoms with van der Waals surface area (Å²) >= 11 is 6.77. The van der Waals surface area contributed by atoms with Crippen molar-refractivity contribution in [3.63, 3.8) is 0 Å². The lowest BCUT2D eigenvalue weighted by Gasteiger charge is -2.44. The van der Waals surface area contributed by atoms with Gasteiger partial charge in [0.05, 0.1) is 16.9 Å². The molecule has 0 bridgehead atoms. The summed E-state index contributed by atoms with van der Waals surface area (Å²) in [4.78, 5) is 13.9. The van der Waals surface area contributed by atoms with Crippen molar-refractivity contribution in [2.45, 2.75) is 39.7 Å². The van der Waals surface area contributed by atoms with Crippen LogP contribution in [-0.4, -0.2) is 10.9 Å². The summed E-state index contributed by atoms with van der Waals surface area (Å²) in [5, 5.41) is 5.07. The first kappa shape index (κ1) is 14.5. The summed E-state index contributed by atoms with van der Waals surface area (Å²) in [5.41, 5.74) is 6.48. The summed E-state index contributed by atoms with van der Waals surface area (Å²) in [5.74, 6) is 0.522. The Kier molecular flexibility index (Phi) is 4.26. The standard InChI is InChI=1S/C14H20N2OS2/c1-3-10-4-5-19-11(10)8-16-13(17)14(12(15)18)6-9(2)7-14/h4-5,9H,3,6-8H2,1-2H3,(H2,15,18)(H,16,17). The van der Waals surface area contributed by atoms with Gasteiger partial charge in [-0.25, -0.2) is 0 Å². The fraction of sp³-hybridized carbons (Fsp3) is 0.571. The molecule has 1 heterocycles. The lowest BCUT2D eigenvalue weighted by Crippen LogP contribution is -2.55. The van der Waals surface area contributed by atoms with Crippen molar-refractivity contribution in [1.82, 2.24) is 5.32 Å². The van der Waals surface area contributed by atoms with E-state index in [0.29, 0.717) is 17.5 Å². The Labute approximate surface area is 123 Å². The summed E-state index contributed by atoms with van der Waals surface area (Å²) in [6, 6.07) is 2.11. The molecule has 1 saturated carbocycles. The molecule has 1 aliphatic rings. The Balaban J connectivity index is 1.99. The van der Waals surface area contributed by atoms with Gasteiger partial charge in [0.2, 0.25) is 5.91 Å². The number of thiophene rings is 1. The van der Waals surface area contributed by atoms with Gasteiger partial charge in [-0.05, 0) is 42.2 Å². The van der Waals surface area contributed by atoms with Crippen LogP contribution in [0.25, 0.3) is 0 Å². The molecule has 104 valence electrons. The zero-order valence-corrected chi connectivity index (χ0v) is 13.0. The molecule has 1 aromatic heterocycles. The van der Waals surface area contributed by atoms with E-state index in [-0.39, 0.29) is 5.91 Å². The SMILES string of the molecule is CCc1ccsc1CNC(=O)C1(C(N)=S)CC(C)C1. The minimum atomic E-state index is -0.599. The van der Waals surface area contributed by atoms with Crippen molar-refractivity contribution < 1.29 is 4.79 Å². The zero-order chi connectivity index (χ0) is 14.0. The maximum absolute atomic E-state index is 12.4. The third-order valence-corrected chi connectivity index (χ3v) is 5.28. The largest absolute Gasteiger partial charge is 0.392 e. The van der Waals surface area contributed by atoms with Crippen molar-refractivity contribution in [2.24, 2.45) is 17.1 Å². The molecule has 0 radical (unpaired) electrons. The van der Waals surface area contributed by atoms with Crippen LogP contribution in [0.2, 0.25) is 0 Å². The van der Waals surface area contributed by atoms with Crippen LogP contribution in [0.15, 0.2) is 11.4 Å². The first-order valence-corrected chi connectivity index (χ1v) is 7.92. The summed E-state index contributed by atoms with van der Waals surface area (Å²) in [6.45, 7) is 4.83. The number of amides is 1. The molecule has 0 aromatic carbocycles. The number of nitrogens with one attached hydrogen (secondary N) is 1. The topological polar surface area (TPSA) is 55.1 Å². The Bertz CT molecular complexity index is 489. The van der Waals surface area contributed by atoms with E-state index in [1.54, 1.807) is 11.3 Å². The van der Waals surface area contributed by atoms with Crippen molar-refractivity contribution in [2.75, 3.05) is 0 Å². The van der Waals surface area contributed by atoms with E-state index in [1.165, 1.54) is 10.4 Å². The van der Waals surface area contributed by atoms with Crippen LogP contribution in [0.3, 0.4) is 0 Å². The van der Waals surface area contributed by atoms with E-state index in [0.717, 1.165) is 19.3 Å². The number of aryl methyl sites for hydroxylation is 1. The average Bonchev–Trinajstić information content (AvgIpc) is 2.78. The molecule has 1 aromatic rings. The molecule has 1 amide bonds. The van der Waals surface area contributed by atoms with Crippen LogP contribution in [0, 0.1) is 11.3 Å². The van der Waals surface area contributed by atoms with Gasteiger partial charge in [-0.15, -0.1) is 11.3 Å². The van der Waals surface area contributed by atoms with Crippen molar-refractivity contribution in [1.29, 1.82) is 0 Å². The number of hydrogen-bond acceptors (Lipinski definition) is 3. The minimum absolute atomic E-state index is 0.00597.